The number of hydrogen-bond acceptors (Lipinski definition) is 6. The predicted octanol–water partition coefficient (Wildman–Crippen LogP) is 5.05. The Morgan fingerprint density at radius 2 is 1.90 bits per heavy atom. The van der Waals surface area contributed by atoms with E-state index in [0.717, 1.165) is 27.5 Å². The monoisotopic (exact) mass is 404 g/mol. The third-order valence-corrected chi connectivity index (χ3v) is 5.17. The lowest BCUT2D eigenvalue weighted by atomic mass is 10.1. The van der Waals surface area contributed by atoms with E-state index in [1.54, 1.807) is 11.3 Å². The summed E-state index contributed by atoms with van der Waals surface area (Å²) in [6.45, 7) is 4.00. The fraction of sp³-hybridized carbons (Fsp3) is 0.182. The molecule has 0 bridgehead atoms. The van der Waals surface area contributed by atoms with E-state index in [9.17, 15) is 4.79 Å². The third-order valence-electron chi connectivity index (χ3n) is 4.39. The summed E-state index contributed by atoms with van der Waals surface area (Å²) in [4.78, 5) is 16.8. The van der Waals surface area contributed by atoms with Crippen LogP contribution in [-0.4, -0.2) is 21.1 Å². The van der Waals surface area contributed by atoms with E-state index in [1.807, 2.05) is 67.8 Å². The number of nitrogens with zero attached hydrogens (tertiary/aromatic N) is 3. The van der Waals surface area contributed by atoms with Gasteiger partial charge in [0.15, 0.2) is 0 Å². The van der Waals surface area contributed by atoms with Gasteiger partial charge in [0.25, 0.3) is 0 Å². The molecule has 7 heteroatoms. The maximum atomic E-state index is 12.3. The Balaban J connectivity index is 1.35. The lowest BCUT2D eigenvalue weighted by molar-refractivity contribution is -0.116. The maximum Gasteiger partial charge on any atom is 0.247 e. The second kappa shape index (κ2) is 8.36. The molecule has 0 saturated heterocycles. The molecule has 0 aliphatic heterocycles. The zero-order valence-corrected chi connectivity index (χ0v) is 17.0. The summed E-state index contributed by atoms with van der Waals surface area (Å²) in [5.41, 5.74) is 4.67. The molecule has 2 heterocycles. The standard InChI is InChI=1S/C22H20N4O2S/c1-14-6-8-16(9-7-14)22-26-25-21(28-22)11-10-20(27)24-18-5-3-4-17(12-18)19-13-29-15(2)23-19/h3-9,12-13H,10-11H2,1-2H3,(H,24,27). The van der Waals surface area contributed by atoms with E-state index in [-0.39, 0.29) is 12.3 Å². The molecule has 2 aromatic carbocycles. The van der Waals surface area contributed by atoms with Crippen LogP contribution in [0.5, 0.6) is 0 Å². The molecule has 0 aliphatic carbocycles. The number of amides is 1. The lowest BCUT2D eigenvalue weighted by Crippen LogP contribution is -2.12. The van der Waals surface area contributed by atoms with Gasteiger partial charge in [-0.1, -0.05) is 29.8 Å². The molecule has 0 spiro atoms. The Hall–Kier alpha value is -3.32. The van der Waals surface area contributed by atoms with Crippen LogP contribution in [0, 0.1) is 13.8 Å². The first-order valence-electron chi connectivity index (χ1n) is 9.29. The van der Waals surface area contributed by atoms with E-state index >= 15 is 0 Å². The molecule has 1 N–H and O–H groups in total. The highest BCUT2D eigenvalue weighted by Crippen LogP contribution is 2.24. The van der Waals surface area contributed by atoms with Gasteiger partial charge in [0, 0.05) is 35.0 Å². The number of carbonyl (C=O) groups is 1. The highest BCUT2D eigenvalue weighted by atomic mass is 32.1. The Morgan fingerprint density at radius 3 is 2.66 bits per heavy atom. The molecule has 4 rings (SSSR count). The molecule has 146 valence electrons. The molecule has 0 radical (unpaired) electrons. The van der Waals surface area contributed by atoms with Crippen LogP contribution in [-0.2, 0) is 11.2 Å². The second-order valence-corrected chi connectivity index (χ2v) is 7.81. The van der Waals surface area contributed by atoms with Gasteiger partial charge >= 0.3 is 0 Å². The Labute approximate surface area is 172 Å². The molecule has 0 unspecified atom stereocenters. The van der Waals surface area contributed by atoms with Crippen LogP contribution < -0.4 is 5.32 Å². The van der Waals surface area contributed by atoms with Crippen LogP contribution in [0.2, 0.25) is 0 Å². The van der Waals surface area contributed by atoms with Gasteiger partial charge in [0.05, 0.1) is 10.7 Å². The van der Waals surface area contributed by atoms with Gasteiger partial charge in [-0.3, -0.25) is 4.79 Å². The number of hydrogen-bond donors (Lipinski definition) is 1. The number of anilines is 1. The Bertz CT molecular complexity index is 1130. The van der Waals surface area contributed by atoms with Crippen molar-refractivity contribution >= 4 is 22.9 Å². The van der Waals surface area contributed by atoms with E-state index in [4.69, 9.17) is 4.42 Å². The number of nitrogens with one attached hydrogen (secondary N) is 1. The van der Waals surface area contributed by atoms with Crippen molar-refractivity contribution in [3.05, 3.63) is 70.4 Å². The minimum absolute atomic E-state index is 0.105. The van der Waals surface area contributed by atoms with Gasteiger partial charge in [-0.25, -0.2) is 4.98 Å². The molecule has 0 fully saturated rings. The van der Waals surface area contributed by atoms with Crippen molar-refractivity contribution in [2.24, 2.45) is 0 Å². The Morgan fingerprint density at radius 1 is 1.07 bits per heavy atom. The summed E-state index contributed by atoms with van der Waals surface area (Å²) in [7, 11) is 0. The van der Waals surface area contributed by atoms with Crippen LogP contribution >= 0.6 is 11.3 Å². The molecule has 0 atom stereocenters. The van der Waals surface area contributed by atoms with Gasteiger partial charge in [0.2, 0.25) is 17.7 Å². The average Bonchev–Trinajstić information content (AvgIpc) is 3.36. The van der Waals surface area contributed by atoms with Crippen molar-refractivity contribution in [3.63, 3.8) is 0 Å². The average molecular weight is 404 g/mol. The number of thiazole rings is 1. The molecule has 4 aromatic rings. The summed E-state index contributed by atoms with van der Waals surface area (Å²) in [5.74, 6) is 0.806. The highest BCUT2D eigenvalue weighted by Gasteiger charge is 2.11. The van der Waals surface area contributed by atoms with Crippen LogP contribution in [0.15, 0.2) is 58.3 Å². The fourth-order valence-corrected chi connectivity index (χ4v) is 3.49. The summed E-state index contributed by atoms with van der Waals surface area (Å²) in [5, 5.41) is 14.1. The summed E-state index contributed by atoms with van der Waals surface area (Å²) < 4.78 is 5.68. The number of aryl methyl sites for hydroxylation is 3. The quantitative estimate of drug-likeness (QED) is 0.486. The zero-order valence-electron chi connectivity index (χ0n) is 16.2. The highest BCUT2D eigenvalue weighted by molar-refractivity contribution is 7.09. The van der Waals surface area contributed by atoms with Gasteiger partial charge in [-0.05, 0) is 38.1 Å². The van der Waals surface area contributed by atoms with Crippen molar-refractivity contribution in [1.82, 2.24) is 15.2 Å². The summed E-state index contributed by atoms with van der Waals surface area (Å²) >= 11 is 1.60. The van der Waals surface area contributed by atoms with Crippen molar-refractivity contribution in [2.75, 3.05) is 5.32 Å². The smallest absolute Gasteiger partial charge is 0.247 e. The number of benzene rings is 2. The van der Waals surface area contributed by atoms with Crippen molar-refractivity contribution in [2.45, 2.75) is 26.7 Å². The van der Waals surface area contributed by atoms with E-state index in [0.29, 0.717) is 18.2 Å². The molecular formula is C22H20N4O2S. The summed E-state index contributed by atoms with van der Waals surface area (Å²) in [6, 6.07) is 15.5. The molecule has 2 aromatic heterocycles. The van der Waals surface area contributed by atoms with Crippen molar-refractivity contribution in [1.29, 1.82) is 0 Å². The van der Waals surface area contributed by atoms with Crippen molar-refractivity contribution < 1.29 is 9.21 Å². The van der Waals surface area contributed by atoms with Gasteiger partial charge in [-0.2, -0.15) is 0 Å². The van der Waals surface area contributed by atoms with Crippen LogP contribution in [0.1, 0.15) is 22.9 Å². The van der Waals surface area contributed by atoms with Gasteiger partial charge in [-0.15, -0.1) is 21.5 Å². The van der Waals surface area contributed by atoms with Gasteiger partial charge < -0.3 is 9.73 Å². The fourth-order valence-electron chi connectivity index (χ4n) is 2.86. The van der Waals surface area contributed by atoms with Crippen LogP contribution in [0.3, 0.4) is 0 Å². The third kappa shape index (κ3) is 4.75. The normalized spacial score (nSPS) is 10.8. The number of carbonyl (C=O) groups excluding carboxylic acids is 1. The largest absolute Gasteiger partial charge is 0.421 e. The zero-order chi connectivity index (χ0) is 20.2. The molecular weight excluding hydrogens is 384 g/mol. The van der Waals surface area contributed by atoms with Gasteiger partial charge in [0.1, 0.15) is 0 Å². The van der Waals surface area contributed by atoms with E-state index in [2.05, 4.69) is 20.5 Å². The molecule has 29 heavy (non-hydrogen) atoms. The first-order valence-corrected chi connectivity index (χ1v) is 10.2. The van der Waals surface area contributed by atoms with E-state index in [1.165, 1.54) is 5.56 Å². The SMILES string of the molecule is Cc1ccc(-c2nnc(CCC(=O)Nc3cccc(-c4csc(C)n4)c3)o2)cc1. The predicted molar refractivity (Wildman–Crippen MR) is 114 cm³/mol. The molecule has 0 aliphatic rings. The Kier molecular flexibility index (Phi) is 5.48. The first-order chi connectivity index (χ1) is 14.1. The van der Waals surface area contributed by atoms with Crippen LogP contribution in [0.25, 0.3) is 22.7 Å². The lowest BCUT2D eigenvalue weighted by Gasteiger charge is -2.06. The van der Waals surface area contributed by atoms with Crippen molar-refractivity contribution in [3.8, 4) is 22.7 Å². The number of aromatic nitrogens is 3. The molecule has 1 amide bonds. The first kappa shape index (κ1) is 19.0. The number of rotatable bonds is 6. The van der Waals surface area contributed by atoms with E-state index < -0.39 is 0 Å². The topological polar surface area (TPSA) is 80.9 Å². The summed E-state index contributed by atoms with van der Waals surface area (Å²) in [6.07, 6.45) is 0.644. The molecule has 0 saturated carbocycles. The van der Waals surface area contributed by atoms with Crippen LogP contribution in [0.4, 0.5) is 5.69 Å². The minimum atomic E-state index is -0.105. The second-order valence-electron chi connectivity index (χ2n) is 6.75. The molecule has 6 nitrogen and oxygen atoms in total. The minimum Gasteiger partial charge on any atom is -0.421 e. The maximum absolute atomic E-state index is 12.3.